The number of hydrogen-bond acceptors (Lipinski definition) is 4. The fourth-order valence-corrected chi connectivity index (χ4v) is 3.55. The van der Waals surface area contributed by atoms with Crippen LogP contribution in [0.4, 0.5) is 0 Å². The van der Waals surface area contributed by atoms with E-state index >= 15 is 0 Å². The van der Waals surface area contributed by atoms with E-state index in [0.29, 0.717) is 12.2 Å². The zero-order valence-corrected chi connectivity index (χ0v) is 19.8. The highest BCUT2D eigenvalue weighted by Crippen LogP contribution is 2.23. The lowest BCUT2D eigenvalue weighted by atomic mass is 9.97. The van der Waals surface area contributed by atoms with Gasteiger partial charge in [0.1, 0.15) is 11.8 Å². The first-order valence-electron chi connectivity index (χ1n) is 11.7. The van der Waals surface area contributed by atoms with E-state index in [1.807, 2.05) is 79.7 Å². The Morgan fingerprint density at radius 1 is 0.853 bits per heavy atom. The molecule has 6 heteroatoms. The summed E-state index contributed by atoms with van der Waals surface area (Å²) in [5, 5.41) is 3.18. The number of hydrogen-bond donors (Lipinski definition) is 3. The minimum Gasteiger partial charge on any atom is -0.484 e. The molecule has 3 aromatic rings. The Hall–Kier alpha value is -3.64. The maximum Gasteiger partial charge on any atom is 0.272 e. The van der Waals surface area contributed by atoms with Gasteiger partial charge in [-0.05, 0) is 36.6 Å². The molecule has 0 spiro atoms. The molecule has 0 aliphatic rings. The minimum atomic E-state index is -0.572. The first kappa shape index (κ1) is 25.0. The summed E-state index contributed by atoms with van der Waals surface area (Å²) in [4.78, 5) is 25.6. The van der Waals surface area contributed by atoms with E-state index in [0.717, 1.165) is 29.5 Å². The summed E-state index contributed by atoms with van der Waals surface area (Å²) in [6.45, 7) is 3.96. The second-order valence-electron chi connectivity index (χ2n) is 8.25. The van der Waals surface area contributed by atoms with Gasteiger partial charge in [0.05, 0.1) is 6.04 Å². The topological polar surface area (TPSA) is 79.5 Å². The largest absolute Gasteiger partial charge is 0.484 e. The van der Waals surface area contributed by atoms with Gasteiger partial charge >= 0.3 is 0 Å². The Labute approximate surface area is 201 Å². The van der Waals surface area contributed by atoms with Crippen LogP contribution in [0.5, 0.6) is 5.75 Å². The monoisotopic (exact) mass is 459 g/mol. The van der Waals surface area contributed by atoms with Crippen molar-refractivity contribution in [3.8, 4) is 5.75 Å². The van der Waals surface area contributed by atoms with Crippen molar-refractivity contribution in [1.29, 1.82) is 0 Å². The maximum absolute atomic E-state index is 13.3. The number of nitrogens with one attached hydrogen (secondary N) is 3. The Morgan fingerprint density at radius 3 is 2.12 bits per heavy atom. The summed E-state index contributed by atoms with van der Waals surface area (Å²) >= 11 is 0. The third-order valence-corrected chi connectivity index (χ3v) is 5.49. The van der Waals surface area contributed by atoms with Crippen LogP contribution in [-0.4, -0.2) is 24.5 Å². The lowest BCUT2D eigenvalue weighted by molar-refractivity contribution is -0.126. The molecule has 178 valence electrons. The van der Waals surface area contributed by atoms with E-state index in [1.54, 1.807) is 12.1 Å². The van der Waals surface area contributed by atoms with Gasteiger partial charge in [-0.2, -0.15) is 0 Å². The normalized spacial score (nSPS) is 12.4. The summed E-state index contributed by atoms with van der Waals surface area (Å²) in [5.74, 6) is 0.0881. The van der Waals surface area contributed by atoms with Gasteiger partial charge in [-0.3, -0.25) is 15.0 Å². The van der Waals surface area contributed by atoms with Crippen molar-refractivity contribution in [2.24, 2.45) is 0 Å². The van der Waals surface area contributed by atoms with Gasteiger partial charge < -0.3 is 10.1 Å². The predicted molar refractivity (Wildman–Crippen MR) is 134 cm³/mol. The van der Waals surface area contributed by atoms with Crippen LogP contribution in [0.25, 0.3) is 0 Å². The molecule has 0 heterocycles. The highest BCUT2D eigenvalue weighted by molar-refractivity contribution is 5.83. The number of ether oxygens (including phenoxy) is 1. The van der Waals surface area contributed by atoms with Gasteiger partial charge in [0.15, 0.2) is 6.61 Å². The number of rotatable bonds is 12. The Morgan fingerprint density at radius 2 is 1.47 bits per heavy atom. The van der Waals surface area contributed by atoms with Crippen molar-refractivity contribution in [1.82, 2.24) is 16.2 Å². The average molecular weight is 460 g/mol. The first-order valence-corrected chi connectivity index (χ1v) is 11.7. The van der Waals surface area contributed by atoms with E-state index in [-0.39, 0.29) is 24.5 Å². The van der Waals surface area contributed by atoms with Crippen LogP contribution in [-0.2, 0) is 9.59 Å². The van der Waals surface area contributed by atoms with Crippen LogP contribution in [0.15, 0.2) is 84.9 Å². The van der Waals surface area contributed by atoms with E-state index in [1.165, 1.54) is 0 Å². The molecule has 0 saturated carbocycles. The predicted octanol–water partition coefficient (Wildman–Crippen LogP) is 4.46. The van der Waals surface area contributed by atoms with Gasteiger partial charge in [0.2, 0.25) is 5.91 Å². The highest BCUT2D eigenvalue weighted by atomic mass is 16.5. The van der Waals surface area contributed by atoms with Gasteiger partial charge in [-0.1, -0.05) is 98.1 Å². The van der Waals surface area contributed by atoms with Gasteiger partial charge in [-0.25, -0.2) is 5.43 Å². The van der Waals surface area contributed by atoms with Gasteiger partial charge in [0.25, 0.3) is 5.91 Å². The fraction of sp³-hybridized carbons (Fsp3) is 0.286. The number of aryl methyl sites for hydroxylation is 1. The van der Waals surface area contributed by atoms with Crippen LogP contribution in [0.1, 0.15) is 48.9 Å². The Bertz CT molecular complexity index is 1020. The maximum atomic E-state index is 13.3. The van der Waals surface area contributed by atoms with Crippen molar-refractivity contribution in [3.05, 3.63) is 102 Å². The van der Waals surface area contributed by atoms with Crippen molar-refractivity contribution in [3.63, 3.8) is 0 Å². The fourth-order valence-electron chi connectivity index (χ4n) is 3.55. The molecule has 3 N–H and O–H groups in total. The number of hydrazine groups is 1. The van der Waals surface area contributed by atoms with Crippen molar-refractivity contribution in [2.45, 2.75) is 45.2 Å². The SMILES string of the molecule is CCCC[C@H](NNC(=O)COc1ccccc1)C(=O)NC(c1ccccc1)c1ccc(C)cc1. The second-order valence-corrected chi connectivity index (χ2v) is 8.25. The Balaban J connectivity index is 1.65. The number of para-hydroxylation sites is 1. The van der Waals surface area contributed by atoms with Crippen molar-refractivity contribution >= 4 is 11.8 Å². The lowest BCUT2D eigenvalue weighted by Crippen LogP contribution is -2.53. The highest BCUT2D eigenvalue weighted by Gasteiger charge is 2.23. The number of carbonyl (C=O) groups excluding carboxylic acids is 2. The first-order chi connectivity index (χ1) is 16.6. The smallest absolute Gasteiger partial charge is 0.272 e. The van der Waals surface area contributed by atoms with Crippen molar-refractivity contribution in [2.75, 3.05) is 6.61 Å². The molecule has 0 aliphatic carbocycles. The number of carbonyl (C=O) groups is 2. The summed E-state index contributed by atoms with van der Waals surface area (Å²) in [7, 11) is 0. The molecule has 3 aromatic carbocycles. The molecule has 3 rings (SSSR count). The molecule has 2 atom stereocenters. The van der Waals surface area contributed by atoms with E-state index in [4.69, 9.17) is 4.74 Å². The lowest BCUT2D eigenvalue weighted by Gasteiger charge is -2.24. The molecular formula is C28H33N3O3. The molecule has 0 aromatic heterocycles. The van der Waals surface area contributed by atoms with Crippen LogP contribution < -0.4 is 20.9 Å². The van der Waals surface area contributed by atoms with Crippen LogP contribution >= 0.6 is 0 Å². The average Bonchev–Trinajstić information content (AvgIpc) is 2.87. The van der Waals surface area contributed by atoms with Gasteiger partial charge in [0, 0.05) is 0 Å². The van der Waals surface area contributed by atoms with E-state index < -0.39 is 6.04 Å². The zero-order valence-electron chi connectivity index (χ0n) is 19.8. The molecule has 0 aliphatic heterocycles. The quantitative estimate of drug-likeness (QED) is 0.350. The number of unbranched alkanes of at least 4 members (excludes halogenated alkanes) is 1. The number of amides is 2. The van der Waals surface area contributed by atoms with Crippen LogP contribution in [0.2, 0.25) is 0 Å². The molecule has 0 bridgehead atoms. The molecule has 6 nitrogen and oxygen atoms in total. The summed E-state index contributed by atoms with van der Waals surface area (Å²) in [6, 6.07) is 26.3. The summed E-state index contributed by atoms with van der Waals surface area (Å²) in [6.07, 6.45) is 2.39. The van der Waals surface area contributed by atoms with Crippen LogP contribution in [0.3, 0.4) is 0 Å². The molecule has 1 unspecified atom stereocenters. The zero-order chi connectivity index (χ0) is 24.2. The number of benzene rings is 3. The second kappa shape index (κ2) is 13.2. The van der Waals surface area contributed by atoms with E-state index in [2.05, 4.69) is 23.1 Å². The van der Waals surface area contributed by atoms with Crippen LogP contribution in [0, 0.1) is 6.92 Å². The molecular weight excluding hydrogens is 426 g/mol. The summed E-state index contributed by atoms with van der Waals surface area (Å²) < 4.78 is 5.48. The van der Waals surface area contributed by atoms with Gasteiger partial charge in [-0.15, -0.1) is 0 Å². The molecule has 0 saturated heterocycles. The molecule has 2 amide bonds. The summed E-state index contributed by atoms with van der Waals surface area (Å²) in [5.41, 5.74) is 8.70. The van der Waals surface area contributed by atoms with E-state index in [9.17, 15) is 9.59 Å². The molecule has 34 heavy (non-hydrogen) atoms. The third kappa shape index (κ3) is 7.74. The minimum absolute atomic E-state index is 0.144. The van der Waals surface area contributed by atoms with Crippen molar-refractivity contribution < 1.29 is 14.3 Å². The standard InChI is InChI=1S/C28H33N3O3/c1-3-4-15-25(30-31-26(32)20-34-24-13-9-6-10-14-24)28(33)29-27(22-11-7-5-8-12-22)23-18-16-21(2)17-19-23/h5-14,16-19,25,27,30H,3-4,15,20H2,1-2H3,(H,29,33)(H,31,32)/t25-,27?/m0/s1. The Kier molecular flexibility index (Phi) is 9.67. The third-order valence-electron chi connectivity index (χ3n) is 5.49. The molecule has 0 fully saturated rings. The molecule has 0 radical (unpaired) electrons.